The topological polar surface area (TPSA) is 59.5 Å². The van der Waals surface area contributed by atoms with Crippen molar-refractivity contribution in [1.29, 1.82) is 0 Å². The zero-order valence-corrected chi connectivity index (χ0v) is 16.6. The Labute approximate surface area is 162 Å². The van der Waals surface area contributed by atoms with Gasteiger partial charge in [0.25, 0.3) is 0 Å². The van der Waals surface area contributed by atoms with Crippen LogP contribution in [0.4, 0.5) is 0 Å². The summed E-state index contributed by atoms with van der Waals surface area (Å²) in [7, 11) is 0. The standard InChI is InChI=1S/C19H24N2O3S2/c1-2-24-19(23)16-13-26-17(20-16)12-21(14-7-4-3-5-8-14)18(22)11-15-9-6-10-25-15/h6,9-10,13-14H,2-5,7-8,11-12H2,1H3. The zero-order chi connectivity index (χ0) is 18.4. The normalized spacial score (nSPS) is 15.0. The average Bonchev–Trinajstić information content (AvgIpc) is 3.32. The van der Waals surface area contributed by atoms with Gasteiger partial charge >= 0.3 is 5.97 Å². The molecule has 1 amide bonds. The molecule has 1 saturated carbocycles. The molecule has 0 bridgehead atoms. The minimum absolute atomic E-state index is 0.146. The number of thiazole rings is 1. The van der Waals surface area contributed by atoms with Crippen LogP contribution in [0.25, 0.3) is 0 Å². The van der Waals surface area contributed by atoms with Gasteiger partial charge in [0.2, 0.25) is 5.91 Å². The van der Waals surface area contributed by atoms with Gasteiger partial charge < -0.3 is 9.64 Å². The highest BCUT2D eigenvalue weighted by molar-refractivity contribution is 7.10. The van der Waals surface area contributed by atoms with Gasteiger partial charge in [-0.1, -0.05) is 25.3 Å². The number of hydrogen-bond acceptors (Lipinski definition) is 6. The number of carbonyl (C=O) groups excluding carboxylic acids is 2. The van der Waals surface area contributed by atoms with Crippen molar-refractivity contribution < 1.29 is 14.3 Å². The number of carbonyl (C=O) groups is 2. The molecular formula is C19H24N2O3S2. The number of esters is 1. The minimum atomic E-state index is -0.399. The van der Waals surface area contributed by atoms with E-state index in [1.165, 1.54) is 30.6 Å². The number of ether oxygens (including phenoxy) is 1. The van der Waals surface area contributed by atoms with Gasteiger partial charge in [-0.05, 0) is 31.2 Å². The van der Waals surface area contributed by atoms with Crippen LogP contribution in [0.1, 0.15) is 59.4 Å². The van der Waals surface area contributed by atoms with Gasteiger partial charge in [0.1, 0.15) is 5.01 Å². The minimum Gasteiger partial charge on any atom is -0.461 e. The van der Waals surface area contributed by atoms with Gasteiger partial charge in [0, 0.05) is 16.3 Å². The smallest absolute Gasteiger partial charge is 0.357 e. The highest BCUT2D eigenvalue weighted by atomic mass is 32.1. The molecule has 0 aliphatic heterocycles. The Hall–Kier alpha value is -1.73. The molecule has 0 saturated heterocycles. The highest BCUT2D eigenvalue weighted by Gasteiger charge is 2.27. The van der Waals surface area contributed by atoms with E-state index in [2.05, 4.69) is 4.98 Å². The molecule has 2 aromatic rings. The fourth-order valence-electron chi connectivity index (χ4n) is 3.31. The van der Waals surface area contributed by atoms with E-state index in [0.29, 0.717) is 25.3 Å². The molecule has 0 radical (unpaired) electrons. The first-order valence-electron chi connectivity index (χ1n) is 9.10. The number of thiophene rings is 1. The molecule has 5 nitrogen and oxygen atoms in total. The van der Waals surface area contributed by atoms with Gasteiger partial charge in [-0.15, -0.1) is 22.7 Å². The summed E-state index contributed by atoms with van der Waals surface area (Å²) in [6.45, 7) is 2.58. The average molecular weight is 393 g/mol. The third-order valence-electron chi connectivity index (χ3n) is 4.58. The second-order valence-corrected chi connectivity index (χ2v) is 8.39. The van der Waals surface area contributed by atoms with E-state index >= 15 is 0 Å². The molecule has 1 aliphatic carbocycles. The SMILES string of the molecule is CCOC(=O)c1csc(CN(C(=O)Cc2cccs2)C2CCCCC2)n1. The maximum absolute atomic E-state index is 13.0. The van der Waals surface area contributed by atoms with Crippen LogP contribution in [0.5, 0.6) is 0 Å². The van der Waals surface area contributed by atoms with Crippen LogP contribution in [0.2, 0.25) is 0 Å². The molecule has 7 heteroatoms. The lowest BCUT2D eigenvalue weighted by atomic mass is 9.94. The Balaban J connectivity index is 1.72. The van der Waals surface area contributed by atoms with Crippen molar-refractivity contribution in [2.24, 2.45) is 0 Å². The van der Waals surface area contributed by atoms with Crippen LogP contribution in [0, 0.1) is 0 Å². The molecule has 0 spiro atoms. The summed E-state index contributed by atoms with van der Waals surface area (Å²) in [5.41, 5.74) is 0.334. The van der Waals surface area contributed by atoms with Crippen LogP contribution in [-0.4, -0.2) is 34.4 Å². The molecule has 0 unspecified atom stereocenters. The van der Waals surface area contributed by atoms with E-state index in [-0.39, 0.29) is 11.9 Å². The van der Waals surface area contributed by atoms with Gasteiger partial charge in [-0.3, -0.25) is 4.79 Å². The molecule has 3 rings (SSSR count). The van der Waals surface area contributed by atoms with Crippen LogP contribution in [0.15, 0.2) is 22.9 Å². The summed E-state index contributed by atoms with van der Waals surface area (Å²) in [6.07, 6.45) is 6.11. The molecule has 140 valence electrons. The van der Waals surface area contributed by atoms with Gasteiger partial charge in [-0.25, -0.2) is 9.78 Å². The zero-order valence-electron chi connectivity index (χ0n) is 15.0. The number of hydrogen-bond donors (Lipinski definition) is 0. The van der Waals surface area contributed by atoms with Gasteiger partial charge in [0.15, 0.2) is 5.69 Å². The summed E-state index contributed by atoms with van der Waals surface area (Å²) in [5.74, 6) is -0.253. The summed E-state index contributed by atoms with van der Waals surface area (Å²) in [4.78, 5) is 32.3. The second-order valence-electron chi connectivity index (χ2n) is 6.42. The summed E-state index contributed by atoms with van der Waals surface area (Å²) >= 11 is 3.03. The fourth-order valence-corrected chi connectivity index (χ4v) is 4.76. The monoisotopic (exact) mass is 392 g/mol. The second kappa shape index (κ2) is 9.28. The summed E-state index contributed by atoms with van der Waals surface area (Å²) in [6, 6.07) is 4.25. The predicted molar refractivity (Wildman–Crippen MR) is 104 cm³/mol. The Bertz CT molecular complexity index is 721. The molecule has 1 fully saturated rings. The Morgan fingerprint density at radius 2 is 2.08 bits per heavy atom. The largest absolute Gasteiger partial charge is 0.461 e. The first kappa shape index (κ1) is 19.0. The number of amides is 1. The van der Waals surface area contributed by atoms with Crippen LogP contribution in [-0.2, 0) is 22.5 Å². The molecule has 0 aromatic carbocycles. The molecule has 2 aromatic heterocycles. The summed E-state index contributed by atoms with van der Waals surface area (Å²) < 4.78 is 5.01. The van der Waals surface area contributed by atoms with Gasteiger partial charge in [0.05, 0.1) is 19.6 Å². The highest BCUT2D eigenvalue weighted by Crippen LogP contribution is 2.26. The molecule has 1 aliphatic rings. The van der Waals surface area contributed by atoms with Gasteiger partial charge in [-0.2, -0.15) is 0 Å². The molecule has 0 atom stereocenters. The van der Waals surface area contributed by atoms with E-state index in [9.17, 15) is 9.59 Å². The molecule has 2 heterocycles. The third kappa shape index (κ3) is 4.92. The number of rotatable bonds is 7. The van der Waals surface area contributed by atoms with Crippen LogP contribution < -0.4 is 0 Å². The lowest BCUT2D eigenvalue weighted by Crippen LogP contribution is -2.41. The maximum atomic E-state index is 13.0. The van der Waals surface area contributed by atoms with Crippen molar-refractivity contribution in [1.82, 2.24) is 9.88 Å². The molecule has 0 N–H and O–H groups in total. The number of aromatic nitrogens is 1. The van der Waals surface area contributed by atoms with Crippen molar-refractivity contribution in [2.75, 3.05) is 6.61 Å². The van der Waals surface area contributed by atoms with E-state index in [1.54, 1.807) is 23.6 Å². The summed E-state index contributed by atoms with van der Waals surface area (Å²) in [5, 5.41) is 4.51. The van der Waals surface area contributed by atoms with Crippen molar-refractivity contribution >= 4 is 34.6 Å². The van der Waals surface area contributed by atoms with E-state index in [4.69, 9.17) is 4.74 Å². The maximum Gasteiger partial charge on any atom is 0.357 e. The quantitative estimate of drug-likeness (QED) is 0.660. The van der Waals surface area contributed by atoms with Crippen molar-refractivity contribution in [3.05, 3.63) is 38.5 Å². The van der Waals surface area contributed by atoms with E-state index in [0.717, 1.165) is 22.7 Å². The Kier molecular flexibility index (Phi) is 6.80. The van der Waals surface area contributed by atoms with E-state index in [1.807, 2.05) is 22.4 Å². The lowest BCUT2D eigenvalue weighted by molar-refractivity contribution is -0.134. The molecular weight excluding hydrogens is 368 g/mol. The fraction of sp³-hybridized carbons (Fsp3) is 0.526. The van der Waals surface area contributed by atoms with Crippen LogP contribution in [0.3, 0.4) is 0 Å². The predicted octanol–water partition coefficient (Wildman–Crippen LogP) is 4.29. The van der Waals surface area contributed by atoms with E-state index < -0.39 is 5.97 Å². The Morgan fingerprint density at radius 3 is 2.77 bits per heavy atom. The van der Waals surface area contributed by atoms with Crippen molar-refractivity contribution in [3.63, 3.8) is 0 Å². The lowest BCUT2D eigenvalue weighted by Gasteiger charge is -2.34. The third-order valence-corrected chi connectivity index (χ3v) is 6.29. The van der Waals surface area contributed by atoms with Crippen molar-refractivity contribution in [2.45, 2.75) is 58.0 Å². The van der Waals surface area contributed by atoms with Crippen molar-refractivity contribution in [3.8, 4) is 0 Å². The first-order chi connectivity index (χ1) is 12.7. The molecule has 26 heavy (non-hydrogen) atoms. The number of nitrogens with zero attached hydrogens (tertiary/aromatic N) is 2. The first-order valence-corrected chi connectivity index (χ1v) is 10.9. The Morgan fingerprint density at radius 1 is 1.27 bits per heavy atom. The van der Waals surface area contributed by atoms with Crippen LogP contribution >= 0.6 is 22.7 Å².